The zero-order chi connectivity index (χ0) is 31.1. The van der Waals surface area contributed by atoms with Crippen molar-refractivity contribution >= 4 is 5.97 Å². The summed E-state index contributed by atoms with van der Waals surface area (Å²) in [7, 11) is 1.77. The van der Waals surface area contributed by atoms with Gasteiger partial charge in [-0.25, -0.2) is 0 Å². The Hall–Kier alpha value is -1.59. The first-order valence-corrected chi connectivity index (χ1v) is 17.1. The molecule has 1 N–H and O–H groups in total. The van der Waals surface area contributed by atoms with Crippen molar-refractivity contribution in [1.29, 1.82) is 0 Å². The highest BCUT2D eigenvalue weighted by Gasteiger charge is 2.40. The summed E-state index contributed by atoms with van der Waals surface area (Å²) < 4.78 is 35.8. The van der Waals surface area contributed by atoms with E-state index in [0.29, 0.717) is 63.4 Å². The maximum Gasteiger partial charge on any atom is 0.306 e. The normalized spacial score (nSPS) is 28.4. The number of fused-ring (bicyclic) bond motifs is 1. The number of rotatable bonds is 18. The number of nitrogens with one attached hydrogen (secondary N) is 1. The molecule has 44 heavy (non-hydrogen) atoms. The molecule has 3 fully saturated rings. The van der Waals surface area contributed by atoms with Crippen molar-refractivity contribution in [3.05, 3.63) is 35.4 Å². The van der Waals surface area contributed by atoms with E-state index in [4.69, 9.17) is 28.4 Å². The lowest BCUT2D eigenvalue weighted by Crippen LogP contribution is -2.55. The van der Waals surface area contributed by atoms with Crippen LogP contribution in [-0.4, -0.2) is 108 Å². The first kappa shape index (κ1) is 35.3. The predicted molar refractivity (Wildman–Crippen MR) is 171 cm³/mol. The molecule has 2 aliphatic heterocycles. The third-order valence-corrected chi connectivity index (χ3v) is 9.25. The maximum atomic E-state index is 12.6. The third-order valence-electron chi connectivity index (χ3n) is 9.25. The van der Waals surface area contributed by atoms with Crippen LogP contribution < -0.4 is 5.32 Å². The van der Waals surface area contributed by atoms with Crippen LogP contribution in [-0.2, 0) is 39.8 Å². The van der Waals surface area contributed by atoms with E-state index in [-0.39, 0.29) is 24.1 Å². The van der Waals surface area contributed by atoms with Gasteiger partial charge in [-0.2, -0.15) is 0 Å². The van der Waals surface area contributed by atoms with Crippen LogP contribution in [0.4, 0.5) is 0 Å². The molecule has 7 atom stereocenters. The van der Waals surface area contributed by atoms with Crippen LogP contribution in [0.1, 0.15) is 76.3 Å². The monoisotopic (exact) mass is 618 g/mol. The van der Waals surface area contributed by atoms with E-state index in [0.717, 1.165) is 82.7 Å². The average molecular weight is 619 g/mol. The van der Waals surface area contributed by atoms with E-state index >= 15 is 0 Å². The third kappa shape index (κ3) is 10.7. The molecule has 2 heterocycles. The van der Waals surface area contributed by atoms with Crippen molar-refractivity contribution in [3.8, 4) is 0 Å². The Labute approximate surface area is 265 Å². The number of carbonyl (C=O) groups excluding carboxylic acids is 1. The lowest BCUT2D eigenvalue weighted by atomic mass is 9.82. The van der Waals surface area contributed by atoms with Crippen molar-refractivity contribution in [2.24, 2.45) is 11.8 Å². The second kappa shape index (κ2) is 19.2. The maximum absolute atomic E-state index is 12.6. The summed E-state index contributed by atoms with van der Waals surface area (Å²) in [6.45, 7) is 14.6. The zero-order valence-electron chi connectivity index (χ0n) is 27.7. The van der Waals surface area contributed by atoms with Crippen molar-refractivity contribution < 1.29 is 33.2 Å². The topological polar surface area (TPSA) is 87.7 Å². The number of piperidine rings is 1. The summed E-state index contributed by atoms with van der Waals surface area (Å²) in [5, 5.41) is 3.49. The summed E-state index contributed by atoms with van der Waals surface area (Å²) in [5.41, 5.74) is 2.28. The van der Waals surface area contributed by atoms with E-state index in [2.05, 4.69) is 41.4 Å². The minimum atomic E-state index is -0.270. The van der Waals surface area contributed by atoms with Gasteiger partial charge in [-0.1, -0.05) is 38.1 Å². The molecule has 1 saturated carbocycles. The summed E-state index contributed by atoms with van der Waals surface area (Å²) in [4.78, 5) is 15.2. The number of methoxy groups -OCH3 is 1. The van der Waals surface area contributed by atoms with Crippen molar-refractivity contribution in [1.82, 2.24) is 10.2 Å². The first-order chi connectivity index (χ1) is 21.5. The molecule has 0 bridgehead atoms. The van der Waals surface area contributed by atoms with Gasteiger partial charge in [0.25, 0.3) is 0 Å². The fourth-order valence-electron chi connectivity index (χ4n) is 6.95. The Morgan fingerprint density at radius 3 is 2.66 bits per heavy atom. The van der Waals surface area contributed by atoms with Gasteiger partial charge in [0.15, 0.2) is 0 Å². The van der Waals surface area contributed by atoms with Crippen LogP contribution in [0.2, 0.25) is 0 Å². The predicted octanol–water partition coefficient (Wildman–Crippen LogP) is 4.57. The van der Waals surface area contributed by atoms with Crippen LogP contribution in [0.15, 0.2) is 24.3 Å². The molecule has 1 aromatic rings. The van der Waals surface area contributed by atoms with Crippen LogP contribution in [0, 0.1) is 11.8 Å². The van der Waals surface area contributed by atoms with Crippen molar-refractivity contribution in [3.63, 3.8) is 0 Å². The molecule has 0 aromatic heterocycles. The van der Waals surface area contributed by atoms with Crippen LogP contribution >= 0.6 is 0 Å². The SMILES string of the molecule is CCCC(=O)OC1CNCC(OCC2CCC3OCCN(CCCOC)C3C2)C1c1ccc(COCC(C)COCC)cc1. The largest absolute Gasteiger partial charge is 0.460 e. The van der Waals surface area contributed by atoms with Gasteiger partial charge in [0, 0.05) is 77.4 Å². The Kier molecular flexibility index (Phi) is 15.4. The van der Waals surface area contributed by atoms with Gasteiger partial charge in [-0.3, -0.25) is 9.69 Å². The van der Waals surface area contributed by atoms with Gasteiger partial charge in [-0.15, -0.1) is 0 Å². The Bertz CT molecular complexity index is 948. The molecule has 1 aromatic carbocycles. The smallest absolute Gasteiger partial charge is 0.306 e. The number of morpholine rings is 1. The molecule has 0 spiro atoms. The molecule has 250 valence electrons. The molecular weight excluding hydrogens is 560 g/mol. The summed E-state index contributed by atoms with van der Waals surface area (Å²) in [6.07, 6.45) is 5.52. The van der Waals surface area contributed by atoms with E-state index in [1.807, 2.05) is 13.8 Å². The average Bonchev–Trinajstić information content (AvgIpc) is 3.03. The summed E-state index contributed by atoms with van der Waals surface area (Å²) >= 11 is 0. The van der Waals surface area contributed by atoms with Gasteiger partial charge in [-0.05, 0) is 56.1 Å². The Balaban J connectivity index is 1.38. The molecule has 0 radical (unpaired) electrons. The van der Waals surface area contributed by atoms with E-state index in [9.17, 15) is 4.79 Å². The van der Waals surface area contributed by atoms with Crippen LogP contribution in [0.3, 0.4) is 0 Å². The van der Waals surface area contributed by atoms with Crippen molar-refractivity contribution in [2.45, 2.75) is 96.2 Å². The van der Waals surface area contributed by atoms with Crippen LogP contribution in [0.25, 0.3) is 0 Å². The number of hydrogen-bond acceptors (Lipinski definition) is 9. The zero-order valence-corrected chi connectivity index (χ0v) is 27.7. The highest BCUT2D eigenvalue weighted by atomic mass is 16.5. The minimum Gasteiger partial charge on any atom is -0.460 e. The Morgan fingerprint density at radius 2 is 1.89 bits per heavy atom. The highest BCUT2D eigenvalue weighted by molar-refractivity contribution is 5.69. The summed E-state index contributed by atoms with van der Waals surface area (Å²) in [6, 6.07) is 9.04. The fourth-order valence-corrected chi connectivity index (χ4v) is 6.95. The number of hydrogen-bond donors (Lipinski definition) is 1. The number of nitrogens with zero attached hydrogens (tertiary/aromatic N) is 1. The van der Waals surface area contributed by atoms with Crippen LogP contribution in [0.5, 0.6) is 0 Å². The molecule has 4 rings (SSSR count). The number of benzene rings is 1. The molecular formula is C35H58N2O7. The van der Waals surface area contributed by atoms with Gasteiger partial charge in [0.2, 0.25) is 0 Å². The second-order valence-corrected chi connectivity index (χ2v) is 12.9. The van der Waals surface area contributed by atoms with Gasteiger partial charge >= 0.3 is 5.97 Å². The molecule has 2 saturated heterocycles. The van der Waals surface area contributed by atoms with Gasteiger partial charge in [0.1, 0.15) is 6.10 Å². The van der Waals surface area contributed by atoms with E-state index < -0.39 is 0 Å². The van der Waals surface area contributed by atoms with Crippen molar-refractivity contribution in [2.75, 3.05) is 72.9 Å². The lowest BCUT2D eigenvalue weighted by Gasteiger charge is -2.46. The second-order valence-electron chi connectivity index (χ2n) is 12.9. The standard InChI is InChI=1S/C35H58N2O7/c1-5-8-34(38)44-33-21-36-20-32(35(33)29-12-9-27(10-13-29)24-41-23-26(3)22-40-6-2)43-25-28-11-14-31-30(19-28)37(16-18-42-31)15-7-17-39-4/h9-10,12-13,26,28,30-33,35-36H,5-8,11,14-25H2,1-4H3. The lowest BCUT2D eigenvalue weighted by molar-refractivity contribution is -0.154. The Morgan fingerprint density at radius 1 is 1.09 bits per heavy atom. The minimum absolute atomic E-state index is 0.0295. The molecule has 9 heteroatoms. The molecule has 7 unspecified atom stereocenters. The van der Waals surface area contributed by atoms with Gasteiger partial charge in [0.05, 0.1) is 38.6 Å². The molecule has 1 aliphatic carbocycles. The van der Waals surface area contributed by atoms with E-state index in [1.54, 1.807) is 7.11 Å². The molecule has 9 nitrogen and oxygen atoms in total. The number of esters is 1. The molecule has 0 amide bonds. The first-order valence-electron chi connectivity index (χ1n) is 17.1. The summed E-state index contributed by atoms with van der Waals surface area (Å²) in [5.74, 6) is 0.675. The highest BCUT2D eigenvalue weighted by Crippen LogP contribution is 2.35. The van der Waals surface area contributed by atoms with Gasteiger partial charge < -0.3 is 33.7 Å². The fraction of sp³-hybridized carbons (Fsp3) is 0.800. The quantitative estimate of drug-likeness (QED) is 0.188. The number of ether oxygens (including phenoxy) is 6. The molecule has 3 aliphatic rings. The number of carbonyl (C=O) groups is 1. The van der Waals surface area contributed by atoms with E-state index in [1.165, 1.54) is 0 Å².